The molecule has 2 rings (SSSR count). The van der Waals surface area contributed by atoms with Crippen LogP contribution in [0.5, 0.6) is 0 Å². The normalized spacial score (nSPS) is 11.5. The van der Waals surface area contributed by atoms with Crippen LogP contribution in [0, 0.1) is 5.41 Å². The van der Waals surface area contributed by atoms with Crippen molar-refractivity contribution in [1.29, 1.82) is 0 Å². The molecule has 3 nitrogen and oxygen atoms in total. The van der Waals surface area contributed by atoms with Gasteiger partial charge in [0.05, 0.1) is 5.52 Å². The van der Waals surface area contributed by atoms with Gasteiger partial charge in [0.25, 0.3) is 0 Å². The van der Waals surface area contributed by atoms with E-state index in [1.54, 1.807) is 6.20 Å². The van der Waals surface area contributed by atoms with E-state index in [2.05, 4.69) is 28.5 Å². The van der Waals surface area contributed by atoms with E-state index < -0.39 is 0 Å². The molecule has 1 amide bonds. The van der Waals surface area contributed by atoms with Gasteiger partial charge in [-0.15, -0.1) is 0 Å². The fourth-order valence-electron chi connectivity index (χ4n) is 1.95. The molecule has 0 aliphatic carbocycles. The van der Waals surface area contributed by atoms with E-state index in [4.69, 9.17) is 0 Å². The number of carbonyl (C=O) groups excluding carboxylic acids is 1. The minimum absolute atomic E-state index is 0.0840. The molecule has 1 N–H and O–H groups in total. The summed E-state index contributed by atoms with van der Waals surface area (Å²) >= 11 is 0. The van der Waals surface area contributed by atoms with Crippen molar-refractivity contribution in [3.05, 3.63) is 42.1 Å². The molecule has 0 aliphatic heterocycles. The van der Waals surface area contributed by atoms with Gasteiger partial charge < -0.3 is 5.32 Å². The summed E-state index contributed by atoms with van der Waals surface area (Å²) in [6.07, 6.45) is 2.61. The number of amides is 1. The van der Waals surface area contributed by atoms with Crippen molar-refractivity contribution < 1.29 is 4.79 Å². The molecular formula is C16H20N2O. The van der Waals surface area contributed by atoms with Crippen molar-refractivity contribution in [1.82, 2.24) is 10.3 Å². The molecule has 0 aliphatic rings. The van der Waals surface area contributed by atoms with Crippen LogP contribution in [0.4, 0.5) is 0 Å². The lowest BCUT2D eigenvalue weighted by Gasteiger charge is -2.17. The first-order chi connectivity index (χ1) is 8.98. The number of pyridine rings is 1. The Kier molecular flexibility index (Phi) is 3.84. The first kappa shape index (κ1) is 13.5. The zero-order chi connectivity index (χ0) is 13.9. The van der Waals surface area contributed by atoms with E-state index in [1.807, 2.05) is 32.9 Å². The molecule has 100 valence electrons. The molecule has 0 saturated heterocycles. The minimum atomic E-state index is -0.336. The zero-order valence-corrected chi connectivity index (χ0v) is 11.7. The van der Waals surface area contributed by atoms with E-state index >= 15 is 0 Å². The summed E-state index contributed by atoms with van der Waals surface area (Å²) in [4.78, 5) is 16.2. The number of para-hydroxylation sites is 1. The second-order valence-corrected chi connectivity index (χ2v) is 5.75. The summed E-state index contributed by atoms with van der Waals surface area (Å²) in [6, 6.07) is 10.1. The molecule has 2 aromatic rings. The zero-order valence-electron chi connectivity index (χ0n) is 11.7. The van der Waals surface area contributed by atoms with Crippen LogP contribution in [0.2, 0.25) is 0 Å². The van der Waals surface area contributed by atoms with Gasteiger partial charge in [-0.25, -0.2) is 0 Å². The number of nitrogens with one attached hydrogen (secondary N) is 1. The van der Waals surface area contributed by atoms with Crippen molar-refractivity contribution in [2.75, 3.05) is 6.54 Å². The number of hydrogen-bond acceptors (Lipinski definition) is 2. The van der Waals surface area contributed by atoms with Gasteiger partial charge in [0.1, 0.15) is 0 Å². The smallest absolute Gasteiger partial charge is 0.225 e. The molecular weight excluding hydrogens is 236 g/mol. The number of benzene rings is 1. The first-order valence-corrected chi connectivity index (χ1v) is 6.59. The maximum Gasteiger partial charge on any atom is 0.225 e. The third-order valence-electron chi connectivity index (χ3n) is 3.08. The highest BCUT2D eigenvalue weighted by Crippen LogP contribution is 2.16. The Balaban J connectivity index is 2.05. The summed E-state index contributed by atoms with van der Waals surface area (Å²) in [7, 11) is 0. The maximum atomic E-state index is 11.8. The highest BCUT2D eigenvalue weighted by atomic mass is 16.2. The van der Waals surface area contributed by atoms with E-state index in [9.17, 15) is 4.79 Å². The molecule has 0 saturated carbocycles. The van der Waals surface area contributed by atoms with Gasteiger partial charge in [0.2, 0.25) is 5.91 Å². The van der Waals surface area contributed by atoms with Crippen LogP contribution in [-0.4, -0.2) is 17.4 Å². The number of fused-ring (bicyclic) bond motifs is 1. The van der Waals surface area contributed by atoms with Crippen LogP contribution in [0.3, 0.4) is 0 Å². The number of carbonyl (C=O) groups is 1. The lowest BCUT2D eigenvalue weighted by molar-refractivity contribution is -0.128. The molecule has 0 spiro atoms. The van der Waals surface area contributed by atoms with Crippen LogP contribution >= 0.6 is 0 Å². The second kappa shape index (κ2) is 5.39. The largest absolute Gasteiger partial charge is 0.355 e. The molecule has 3 heteroatoms. The Bertz CT molecular complexity index is 579. The van der Waals surface area contributed by atoms with E-state index in [0.29, 0.717) is 6.54 Å². The van der Waals surface area contributed by atoms with Gasteiger partial charge in [-0.1, -0.05) is 45.0 Å². The summed E-state index contributed by atoms with van der Waals surface area (Å²) < 4.78 is 0. The third-order valence-corrected chi connectivity index (χ3v) is 3.08. The highest BCUT2D eigenvalue weighted by molar-refractivity contribution is 5.82. The van der Waals surface area contributed by atoms with Gasteiger partial charge in [-0.3, -0.25) is 9.78 Å². The van der Waals surface area contributed by atoms with Crippen molar-refractivity contribution in [3.63, 3.8) is 0 Å². The standard InChI is InChI=1S/C16H20N2O/c1-16(2,3)15(19)18-11-9-13-7-4-6-12-8-5-10-17-14(12)13/h4-8,10H,9,11H2,1-3H3,(H,18,19). The number of aromatic nitrogens is 1. The molecule has 0 radical (unpaired) electrons. The molecule has 0 atom stereocenters. The summed E-state index contributed by atoms with van der Waals surface area (Å²) in [5.74, 6) is 0.0840. The fraction of sp³-hybridized carbons (Fsp3) is 0.375. The fourth-order valence-corrected chi connectivity index (χ4v) is 1.95. The number of nitrogens with zero attached hydrogens (tertiary/aromatic N) is 1. The van der Waals surface area contributed by atoms with Crippen LogP contribution in [0.15, 0.2) is 36.5 Å². The monoisotopic (exact) mass is 256 g/mol. The van der Waals surface area contributed by atoms with E-state index in [1.165, 1.54) is 5.56 Å². The summed E-state index contributed by atoms with van der Waals surface area (Å²) in [6.45, 7) is 6.40. The molecule has 19 heavy (non-hydrogen) atoms. The van der Waals surface area contributed by atoms with Crippen LogP contribution in [0.25, 0.3) is 10.9 Å². The van der Waals surface area contributed by atoms with Crippen LogP contribution in [-0.2, 0) is 11.2 Å². The minimum Gasteiger partial charge on any atom is -0.355 e. The third kappa shape index (κ3) is 3.31. The average Bonchev–Trinajstić information content (AvgIpc) is 2.38. The average molecular weight is 256 g/mol. The topological polar surface area (TPSA) is 42.0 Å². The summed E-state index contributed by atoms with van der Waals surface area (Å²) in [5, 5.41) is 4.11. The lowest BCUT2D eigenvalue weighted by atomic mass is 9.95. The highest BCUT2D eigenvalue weighted by Gasteiger charge is 2.20. The van der Waals surface area contributed by atoms with Gasteiger partial charge in [0.15, 0.2) is 0 Å². The molecule has 0 fully saturated rings. The van der Waals surface area contributed by atoms with Gasteiger partial charge in [0, 0.05) is 23.5 Å². The maximum absolute atomic E-state index is 11.8. The number of hydrogen-bond donors (Lipinski definition) is 1. The predicted molar refractivity (Wildman–Crippen MR) is 77.9 cm³/mol. The molecule has 1 aromatic heterocycles. The lowest BCUT2D eigenvalue weighted by Crippen LogP contribution is -2.35. The predicted octanol–water partition coefficient (Wildman–Crippen LogP) is 2.94. The quantitative estimate of drug-likeness (QED) is 0.917. The van der Waals surface area contributed by atoms with Crippen molar-refractivity contribution in [2.45, 2.75) is 27.2 Å². The Morgan fingerprint density at radius 2 is 1.95 bits per heavy atom. The molecule has 1 heterocycles. The van der Waals surface area contributed by atoms with Gasteiger partial charge in [-0.05, 0) is 18.1 Å². The Morgan fingerprint density at radius 3 is 2.68 bits per heavy atom. The first-order valence-electron chi connectivity index (χ1n) is 6.59. The SMILES string of the molecule is CC(C)(C)C(=O)NCCc1cccc2cccnc12. The summed E-state index contributed by atoms with van der Waals surface area (Å²) in [5.41, 5.74) is 1.86. The van der Waals surface area contributed by atoms with E-state index in [-0.39, 0.29) is 11.3 Å². The molecule has 0 unspecified atom stereocenters. The van der Waals surface area contributed by atoms with E-state index in [0.717, 1.165) is 17.3 Å². The Labute approximate surface area is 114 Å². The molecule has 1 aromatic carbocycles. The Hall–Kier alpha value is -1.90. The van der Waals surface area contributed by atoms with Crippen molar-refractivity contribution in [3.8, 4) is 0 Å². The van der Waals surface area contributed by atoms with Crippen LogP contribution < -0.4 is 5.32 Å². The second-order valence-electron chi connectivity index (χ2n) is 5.75. The molecule has 0 bridgehead atoms. The Morgan fingerprint density at radius 1 is 1.21 bits per heavy atom. The van der Waals surface area contributed by atoms with Gasteiger partial charge in [-0.2, -0.15) is 0 Å². The van der Waals surface area contributed by atoms with Gasteiger partial charge >= 0.3 is 0 Å². The van der Waals surface area contributed by atoms with Crippen molar-refractivity contribution in [2.24, 2.45) is 5.41 Å². The number of rotatable bonds is 3. The van der Waals surface area contributed by atoms with Crippen LogP contribution in [0.1, 0.15) is 26.3 Å². The van der Waals surface area contributed by atoms with Crippen molar-refractivity contribution >= 4 is 16.8 Å².